The second-order valence-electron chi connectivity index (χ2n) is 4.82. The number of nitrogens with zero attached hydrogens (tertiary/aromatic N) is 3. The van der Waals surface area contributed by atoms with Gasteiger partial charge in [0.05, 0.1) is 5.56 Å². The number of likely N-dealkylation sites (tertiary alicyclic amines) is 1. The molecule has 2 heterocycles. The molecule has 1 saturated heterocycles. The molecule has 0 unspecified atom stereocenters. The van der Waals surface area contributed by atoms with E-state index in [2.05, 4.69) is 16.9 Å². The van der Waals surface area contributed by atoms with Crippen LogP contribution in [0.2, 0.25) is 5.15 Å². The average Bonchev–Trinajstić information content (AvgIpc) is 2.39. The summed E-state index contributed by atoms with van der Waals surface area (Å²) >= 11 is 5.72. The Morgan fingerprint density at radius 2 is 2.11 bits per heavy atom. The van der Waals surface area contributed by atoms with Gasteiger partial charge in [0.25, 0.3) is 5.91 Å². The molecule has 1 aliphatic heterocycles. The average molecular weight is 268 g/mol. The van der Waals surface area contributed by atoms with Crippen molar-refractivity contribution >= 4 is 17.5 Å². The molecule has 0 spiro atoms. The Morgan fingerprint density at radius 3 is 2.67 bits per heavy atom. The van der Waals surface area contributed by atoms with Gasteiger partial charge in [-0.05, 0) is 45.1 Å². The van der Waals surface area contributed by atoms with E-state index in [4.69, 9.17) is 11.6 Å². The maximum atomic E-state index is 12.3. The molecular weight excluding hydrogens is 250 g/mol. The van der Waals surface area contributed by atoms with Crippen molar-refractivity contribution in [1.29, 1.82) is 0 Å². The summed E-state index contributed by atoms with van der Waals surface area (Å²) in [6, 6.07) is 3.70. The van der Waals surface area contributed by atoms with Crippen LogP contribution in [0, 0.1) is 0 Å². The lowest BCUT2D eigenvalue weighted by Crippen LogP contribution is -2.44. The van der Waals surface area contributed by atoms with Gasteiger partial charge in [0.1, 0.15) is 5.15 Å². The Balaban J connectivity index is 2.02. The second-order valence-corrected chi connectivity index (χ2v) is 5.21. The fraction of sp³-hybridized carbons (Fsp3) is 0.538. The number of piperidine rings is 1. The molecule has 2 rings (SSSR count). The Labute approximate surface area is 113 Å². The lowest BCUT2D eigenvalue weighted by Gasteiger charge is -2.35. The summed E-state index contributed by atoms with van der Waals surface area (Å²) in [5.41, 5.74) is 0.598. The van der Waals surface area contributed by atoms with E-state index in [0.717, 1.165) is 25.9 Å². The monoisotopic (exact) mass is 267 g/mol. The number of carbonyl (C=O) groups excluding carboxylic acids is 1. The lowest BCUT2D eigenvalue weighted by molar-refractivity contribution is 0.0659. The van der Waals surface area contributed by atoms with Crippen LogP contribution in [0.4, 0.5) is 0 Å². The van der Waals surface area contributed by atoms with E-state index in [0.29, 0.717) is 16.8 Å². The van der Waals surface area contributed by atoms with Crippen molar-refractivity contribution in [2.75, 3.05) is 27.2 Å². The molecule has 4 nitrogen and oxygen atoms in total. The van der Waals surface area contributed by atoms with Gasteiger partial charge in [-0.2, -0.15) is 0 Å². The summed E-state index contributed by atoms with van der Waals surface area (Å²) in [6.45, 7) is 2.09. The number of carbonyl (C=O) groups is 1. The van der Waals surface area contributed by atoms with Crippen LogP contribution in [0.3, 0.4) is 0 Å². The molecule has 0 bridgehead atoms. The number of amides is 1. The van der Waals surface area contributed by atoms with Crippen LogP contribution in [0.5, 0.6) is 0 Å². The van der Waals surface area contributed by atoms with Gasteiger partial charge in [0.2, 0.25) is 0 Å². The standard InChI is InChI=1S/C13H18ClN3O/c1-16-7-5-11(6-8-16)17(2)13(18)10-3-4-12(14)15-9-10/h3-4,9,11H,5-8H2,1-2H3. The smallest absolute Gasteiger partial charge is 0.255 e. The molecule has 1 aromatic heterocycles. The third-order valence-corrected chi connectivity index (χ3v) is 3.75. The summed E-state index contributed by atoms with van der Waals surface area (Å²) in [4.78, 5) is 20.3. The molecular formula is C13H18ClN3O. The third kappa shape index (κ3) is 3.00. The number of hydrogen-bond donors (Lipinski definition) is 0. The van der Waals surface area contributed by atoms with Crippen LogP contribution in [-0.2, 0) is 0 Å². The fourth-order valence-electron chi connectivity index (χ4n) is 2.25. The number of pyridine rings is 1. The maximum absolute atomic E-state index is 12.3. The molecule has 0 N–H and O–H groups in total. The molecule has 0 radical (unpaired) electrons. The second kappa shape index (κ2) is 5.67. The summed E-state index contributed by atoms with van der Waals surface area (Å²) in [6.07, 6.45) is 3.59. The van der Waals surface area contributed by atoms with Gasteiger partial charge in [-0.1, -0.05) is 11.6 Å². The van der Waals surface area contributed by atoms with Gasteiger partial charge in [-0.25, -0.2) is 4.98 Å². The van der Waals surface area contributed by atoms with Crippen LogP contribution in [-0.4, -0.2) is 53.9 Å². The molecule has 98 valence electrons. The molecule has 0 atom stereocenters. The zero-order chi connectivity index (χ0) is 13.1. The van der Waals surface area contributed by atoms with Crippen molar-refractivity contribution in [2.24, 2.45) is 0 Å². The van der Waals surface area contributed by atoms with E-state index >= 15 is 0 Å². The quantitative estimate of drug-likeness (QED) is 0.768. The van der Waals surface area contributed by atoms with Crippen LogP contribution < -0.4 is 0 Å². The first-order chi connectivity index (χ1) is 8.58. The molecule has 1 amide bonds. The molecule has 18 heavy (non-hydrogen) atoms. The largest absolute Gasteiger partial charge is 0.339 e. The molecule has 5 heteroatoms. The predicted molar refractivity (Wildman–Crippen MR) is 71.9 cm³/mol. The highest BCUT2D eigenvalue weighted by atomic mass is 35.5. The minimum atomic E-state index is 0.0220. The summed E-state index contributed by atoms with van der Waals surface area (Å²) in [5, 5.41) is 0.411. The Kier molecular flexibility index (Phi) is 4.19. The maximum Gasteiger partial charge on any atom is 0.255 e. The van der Waals surface area contributed by atoms with E-state index < -0.39 is 0 Å². The normalized spacial score (nSPS) is 17.7. The molecule has 1 fully saturated rings. The summed E-state index contributed by atoms with van der Waals surface area (Å²) < 4.78 is 0. The van der Waals surface area contributed by atoms with E-state index in [1.54, 1.807) is 12.1 Å². The SMILES string of the molecule is CN1CCC(N(C)C(=O)c2ccc(Cl)nc2)CC1. The zero-order valence-electron chi connectivity index (χ0n) is 10.8. The van der Waals surface area contributed by atoms with Crippen molar-refractivity contribution in [3.63, 3.8) is 0 Å². The van der Waals surface area contributed by atoms with Gasteiger partial charge in [-0.15, -0.1) is 0 Å². The Morgan fingerprint density at radius 1 is 1.44 bits per heavy atom. The van der Waals surface area contributed by atoms with Gasteiger partial charge >= 0.3 is 0 Å². The molecule has 0 aliphatic carbocycles. The topological polar surface area (TPSA) is 36.4 Å². The van der Waals surface area contributed by atoms with E-state index in [9.17, 15) is 4.79 Å². The van der Waals surface area contributed by atoms with Gasteiger partial charge in [-0.3, -0.25) is 4.79 Å². The van der Waals surface area contributed by atoms with Crippen LogP contribution in [0.1, 0.15) is 23.2 Å². The third-order valence-electron chi connectivity index (χ3n) is 3.53. The van der Waals surface area contributed by atoms with Crippen LogP contribution >= 0.6 is 11.6 Å². The first kappa shape index (κ1) is 13.3. The van der Waals surface area contributed by atoms with Crippen molar-refractivity contribution in [1.82, 2.24) is 14.8 Å². The number of rotatable bonds is 2. The number of halogens is 1. The van der Waals surface area contributed by atoms with E-state index in [1.165, 1.54) is 6.20 Å². The van der Waals surface area contributed by atoms with Gasteiger partial charge in [0, 0.05) is 19.3 Å². The van der Waals surface area contributed by atoms with Crippen molar-refractivity contribution < 1.29 is 4.79 Å². The number of aromatic nitrogens is 1. The highest BCUT2D eigenvalue weighted by Crippen LogP contribution is 2.17. The highest BCUT2D eigenvalue weighted by Gasteiger charge is 2.24. The minimum absolute atomic E-state index is 0.0220. The Bertz CT molecular complexity index is 413. The first-order valence-electron chi connectivity index (χ1n) is 6.15. The summed E-state index contributed by atoms with van der Waals surface area (Å²) in [5.74, 6) is 0.0220. The van der Waals surface area contributed by atoms with Crippen LogP contribution in [0.15, 0.2) is 18.3 Å². The highest BCUT2D eigenvalue weighted by molar-refractivity contribution is 6.29. The van der Waals surface area contributed by atoms with Crippen molar-refractivity contribution in [3.8, 4) is 0 Å². The first-order valence-corrected chi connectivity index (χ1v) is 6.53. The van der Waals surface area contributed by atoms with Crippen LogP contribution in [0.25, 0.3) is 0 Å². The van der Waals surface area contributed by atoms with E-state index in [1.807, 2.05) is 11.9 Å². The summed E-state index contributed by atoms with van der Waals surface area (Å²) in [7, 11) is 3.98. The van der Waals surface area contributed by atoms with Crippen molar-refractivity contribution in [3.05, 3.63) is 29.0 Å². The van der Waals surface area contributed by atoms with Gasteiger partial charge < -0.3 is 9.80 Å². The zero-order valence-corrected chi connectivity index (χ0v) is 11.5. The molecule has 1 aliphatic rings. The minimum Gasteiger partial charge on any atom is -0.339 e. The van der Waals surface area contributed by atoms with Gasteiger partial charge in [0.15, 0.2) is 0 Å². The molecule has 0 saturated carbocycles. The predicted octanol–water partition coefficient (Wildman–Crippen LogP) is 1.90. The Hall–Kier alpha value is -1.13. The molecule has 0 aromatic carbocycles. The number of hydrogen-bond acceptors (Lipinski definition) is 3. The molecule has 1 aromatic rings. The van der Waals surface area contributed by atoms with E-state index in [-0.39, 0.29) is 5.91 Å². The van der Waals surface area contributed by atoms with Crippen molar-refractivity contribution in [2.45, 2.75) is 18.9 Å². The fourth-order valence-corrected chi connectivity index (χ4v) is 2.37. The lowest BCUT2D eigenvalue weighted by atomic mass is 10.0.